The predicted octanol–water partition coefficient (Wildman–Crippen LogP) is 2.68. The van der Waals surface area contributed by atoms with E-state index in [0.29, 0.717) is 37.5 Å². The molecule has 26 heavy (non-hydrogen) atoms. The lowest BCUT2D eigenvalue weighted by Crippen LogP contribution is -2.52. The molecule has 0 bridgehead atoms. The second-order valence-corrected chi connectivity index (χ2v) is 8.71. The monoisotopic (exact) mass is 367 g/mol. The Morgan fingerprint density at radius 3 is 2.23 bits per heavy atom. The van der Waals surface area contributed by atoms with E-state index < -0.39 is 0 Å². The van der Waals surface area contributed by atoms with Gasteiger partial charge >= 0.3 is 6.09 Å². The highest BCUT2D eigenvalue weighted by Gasteiger charge is 2.32. The summed E-state index contributed by atoms with van der Waals surface area (Å²) in [6, 6.07) is -0.126. The summed E-state index contributed by atoms with van der Waals surface area (Å²) < 4.78 is 5.35. The zero-order chi connectivity index (χ0) is 19.3. The molecule has 6 nitrogen and oxygen atoms in total. The molecule has 2 amide bonds. The predicted molar refractivity (Wildman–Crippen MR) is 103 cm³/mol. The number of nitrogens with zero attached hydrogens (tertiary/aromatic N) is 3. The molecule has 0 N–H and O–H groups in total. The van der Waals surface area contributed by atoms with Gasteiger partial charge in [0, 0.05) is 39.3 Å². The molecule has 3 unspecified atom stereocenters. The largest absolute Gasteiger partial charge is 0.449 e. The molecule has 0 aromatic heterocycles. The standard InChI is InChI=1S/C20H37N3O3/c1-15(2)14-26-20(25)22-8-6-7-21(9-10-22)18(5)19(24)23-12-16(3)11-17(4)13-23/h15-18H,6-14H2,1-5H3. The lowest BCUT2D eigenvalue weighted by Gasteiger charge is -2.38. The molecule has 2 heterocycles. The van der Waals surface area contributed by atoms with Gasteiger partial charge in [-0.15, -0.1) is 0 Å². The quantitative estimate of drug-likeness (QED) is 0.767. The van der Waals surface area contributed by atoms with Gasteiger partial charge in [0.15, 0.2) is 0 Å². The first kappa shape index (κ1) is 21.0. The van der Waals surface area contributed by atoms with Gasteiger partial charge < -0.3 is 14.5 Å². The van der Waals surface area contributed by atoms with Gasteiger partial charge in [0.2, 0.25) is 5.91 Å². The van der Waals surface area contributed by atoms with Crippen molar-refractivity contribution in [3.05, 3.63) is 0 Å². The van der Waals surface area contributed by atoms with Gasteiger partial charge in [-0.05, 0) is 37.5 Å². The minimum absolute atomic E-state index is 0.126. The summed E-state index contributed by atoms with van der Waals surface area (Å²) in [5.74, 6) is 1.73. The van der Waals surface area contributed by atoms with Crippen LogP contribution in [-0.2, 0) is 9.53 Å². The Balaban J connectivity index is 1.87. The number of piperidine rings is 1. The maximum atomic E-state index is 13.0. The fourth-order valence-electron chi connectivity index (χ4n) is 4.10. The van der Waals surface area contributed by atoms with E-state index in [2.05, 4.69) is 18.7 Å². The van der Waals surface area contributed by atoms with Crippen molar-refractivity contribution in [3.8, 4) is 0 Å². The van der Waals surface area contributed by atoms with Crippen LogP contribution in [0.15, 0.2) is 0 Å². The van der Waals surface area contributed by atoms with Crippen LogP contribution in [0.2, 0.25) is 0 Å². The molecule has 2 saturated heterocycles. The second kappa shape index (κ2) is 9.58. The van der Waals surface area contributed by atoms with Crippen LogP contribution in [-0.4, -0.2) is 78.6 Å². The first-order chi connectivity index (χ1) is 12.3. The molecule has 0 spiro atoms. The molecule has 6 heteroatoms. The van der Waals surface area contributed by atoms with Crippen LogP contribution in [0.4, 0.5) is 4.79 Å². The van der Waals surface area contributed by atoms with Crippen molar-refractivity contribution in [2.45, 2.75) is 53.5 Å². The van der Waals surface area contributed by atoms with Crippen LogP contribution in [0, 0.1) is 17.8 Å². The number of carbonyl (C=O) groups excluding carboxylic acids is 2. The van der Waals surface area contributed by atoms with Gasteiger partial charge in [-0.2, -0.15) is 0 Å². The zero-order valence-corrected chi connectivity index (χ0v) is 17.2. The van der Waals surface area contributed by atoms with Gasteiger partial charge in [0.05, 0.1) is 12.6 Å². The minimum Gasteiger partial charge on any atom is -0.449 e. The van der Waals surface area contributed by atoms with E-state index in [-0.39, 0.29) is 18.0 Å². The normalized spacial score (nSPS) is 26.5. The molecule has 150 valence electrons. The third-order valence-corrected chi connectivity index (χ3v) is 5.41. The van der Waals surface area contributed by atoms with Crippen LogP contribution < -0.4 is 0 Å². The highest BCUT2D eigenvalue weighted by molar-refractivity contribution is 5.81. The van der Waals surface area contributed by atoms with Crippen molar-refractivity contribution in [2.75, 3.05) is 45.9 Å². The lowest BCUT2D eigenvalue weighted by atomic mass is 9.91. The average molecular weight is 368 g/mol. The van der Waals surface area contributed by atoms with Crippen molar-refractivity contribution in [3.63, 3.8) is 0 Å². The summed E-state index contributed by atoms with van der Waals surface area (Å²) in [7, 11) is 0. The van der Waals surface area contributed by atoms with Crippen molar-refractivity contribution in [1.82, 2.24) is 14.7 Å². The Bertz CT molecular complexity index is 473. The number of hydrogen-bond donors (Lipinski definition) is 0. The Hall–Kier alpha value is -1.30. The molecular weight excluding hydrogens is 330 g/mol. The maximum Gasteiger partial charge on any atom is 0.409 e. The zero-order valence-electron chi connectivity index (χ0n) is 17.2. The molecule has 0 radical (unpaired) electrons. The molecule has 0 aromatic rings. The van der Waals surface area contributed by atoms with E-state index in [1.165, 1.54) is 6.42 Å². The van der Waals surface area contributed by atoms with E-state index in [0.717, 1.165) is 32.6 Å². The Kier molecular flexibility index (Phi) is 7.74. The third-order valence-electron chi connectivity index (χ3n) is 5.41. The SMILES string of the molecule is CC(C)COC(=O)N1CCCN(C(C)C(=O)N2CC(C)CC(C)C2)CC1. The summed E-state index contributed by atoms with van der Waals surface area (Å²) in [5.41, 5.74) is 0. The maximum absolute atomic E-state index is 13.0. The Morgan fingerprint density at radius 1 is 0.962 bits per heavy atom. The molecule has 0 aliphatic carbocycles. The second-order valence-electron chi connectivity index (χ2n) is 8.71. The number of amides is 2. The van der Waals surface area contributed by atoms with Gasteiger partial charge in [-0.3, -0.25) is 9.69 Å². The van der Waals surface area contributed by atoms with E-state index in [9.17, 15) is 9.59 Å². The number of hydrogen-bond acceptors (Lipinski definition) is 4. The van der Waals surface area contributed by atoms with Gasteiger partial charge in [0.1, 0.15) is 0 Å². The van der Waals surface area contributed by atoms with Crippen LogP contribution in [0.3, 0.4) is 0 Å². The van der Waals surface area contributed by atoms with Gasteiger partial charge in [-0.25, -0.2) is 4.79 Å². The van der Waals surface area contributed by atoms with Crippen LogP contribution in [0.25, 0.3) is 0 Å². The number of likely N-dealkylation sites (tertiary alicyclic amines) is 1. The average Bonchev–Trinajstić information content (AvgIpc) is 2.83. The van der Waals surface area contributed by atoms with Crippen LogP contribution >= 0.6 is 0 Å². The topological polar surface area (TPSA) is 53.1 Å². The number of rotatable bonds is 4. The Morgan fingerprint density at radius 2 is 1.62 bits per heavy atom. The van der Waals surface area contributed by atoms with Crippen molar-refractivity contribution in [1.29, 1.82) is 0 Å². The minimum atomic E-state index is -0.224. The van der Waals surface area contributed by atoms with Crippen molar-refractivity contribution >= 4 is 12.0 Å². The van der Waals surface area contributed by atoms with E-state index in [1.54, 1.807) is 4.90 Å². The molecule has 0 aromatic carbocycles. The highest BCUT2D eigenvalue weighted by Crippen LogP contribution is 2.22. The fraction of sp³-hybridized carbons (Fsp3) is 0.900. The van der Waals surface area contributed by atoms with Crippen LogP contribution in [0.5, 0.6) is 0 Å². The molecule has 2 aliphatic heterocycles. The summed E-state index contributed by atoms with van der Waals surface area (Å²) in [6.07, 6.45) is 1.86. The first-order valence-corrected chi connectivity index (χ1v) is 10.2. The highest BCUT2D eigenvalue weighted by atomic mass is 16.6. The smallest absolute Gasteiger partial charge is 0.409 e. The number of carbonyl (C=O) groups is 2. The van der Waals surface area contributed by atoms with E-state index >= 15 is 0 Å². The molecule has 2 aliphatic rings. The molecule has 3 atom stereocenters. The summed E-state index contributed by atoms with van der Waals surface area (Å²) in [6.45, 7) is 15.6. The van der Waals surface area contributed by atoms with Crippen LogP contribution in [0.1, 0.15) is 47.5 Å². The van der Waals surface area contributed by atoms with Gasteiger partial charge in [-0.1, -0.05) is 27.7 Å². The fourth-order valence-corrected chi connectivity index (χ4v) is 4.10. The number of ether oxygens (including phenoxy) is 1. The molecule has 2 rings (SSSR count). The first-order valence-electron chi connectivity index (χ1n) is 10.2. The summed E-state index contributed by atoms with van der Waals surface area (Å²) in [4.78, 5) is 31.2. The van der Waals surface area contributed by atoms with Gasteiger partial charge in [0.25, 0.3) is 0 Å². The van der Waals surface area contributed by atoms with E-state index in [4.69, 9.17) is 4.74 Å². The molecule has 2 fully saturated rings. The summed E-state index contributed by atoms with van der Waals surface area (Å²) >= 11 is 0. The van der Waals surface area contributed by atoms with E-state index in [1.807, 2.05) is 25.7 Å². The molecule has 0 saturated carbocycles. The van der Waals surface area contributed by atoms with Crippen molar-refractivity contribution < 1.29 is 14.3 Å². The van der Waals surface area contributed by atoms with Crippen molar-refractivity contribution in [2.24, 2.45) is 17.8 Å². The Labute approximate surface area is 158 Å². The summed E-state index contributed by atoms with van der Waals surface area (Å²) in [5, 5.41) is 0. The lowest BCUT2D eigenvalue weighted by molar-refractivity contribution is -0.139. The molecular formula is C20H37N3O3. The third kappa shape index (κ3) is 5.86.